The number of hydrogen-bond donors (Lipinski definition) is 1. The van der Waals surface area contributed by atoms with Gasteiger partial charge in [-0.25, -0.2) is 9.97 Å². The molecule has 0 aliphatic rings. The molecule has 1 N–H and O–H groups in total. The Morgan fingerprint density at radius 2 is 2.04 bits per heavy atom. The molecule has 4 aromatic rings. The molecule has 0 radical (unpaired) electrons. The van der Waals surface area contributed by atoms with Crippen LogP contribution in [0.2, 0.25) is 0 Å². The van der Waals surface area contributed by atoms with Crippen molar-refractivity contribution < 1.29 is 14.3 Å². The largest absolute Gasteiger partial charge is 0.497 e. The SMILES string of the molecule is COc1ccc(Oc2cc(CNC(=O)Cc3cn4ccsc4n3)ccn2)cc1. The van der Waals surface area contributed by atoms with Crippen molar-refractivity contribution in [2.45, 2.75) is 13.0 Å². The van der Waals surface area contributed by atoms with Crippen LogP contribution in [0.3, 0.4) is 0 Å². The number of pyridine rings is 1. The Morgan fingerprint density at radius 3 is 2.82 bits per heavy atom. The molecule has 0 spiro atoms. The minimum absolute atomic E-state index is 0.0832. The van der Waals surface area contributed by atoms with Crippen molar-refractivity contribution in [1.82, 2.24) is 19.7 Å². The maximum Gasteiger partial charge on any atom is 0.226 e. The van der Waals surface area contributed by atoms with Gasteiger partial charge in [-0.15, -0.1) is 11.3 Å². The second-order valence-electron chi connectivity index (χ2n) is 6.06. The molecule has 0 unspecified atom stereocenters. The van der Waals surface area contributed by atoms with Gasteiger partial charge in [0.2, 0.25) is 11.8 Å². The molecule has 8 heteroatoms. The van der Waals surface area contributed by atoms with Crippen LogP contribution in [0.1, 0.15) is 11.3 Å². The van der Waals surface area contributed by atoms with Gasteiger partial charge >= 0.3 is 0 Å². The number of carbonyl (C=O) groups excluding carboxylic acids is 1. The number of ether oxygens (including phenoxy) is 2. The van der Waals surface area contributed by atoms with E-state index in [4.69, 9.17) is 9.47 Å². The molecule has 0 fully saturated rings. The molecule has 0 atom stereocenters. The van der Waals surface area contributed by atoms with E-state index in [1.54, 1.807) is 30.7 Å². The molecule has 0 bridgehead atoms. The van der Waals surface area contributed by atoms with Gasteiger partial charge in [0.1, 0.15) is 11.5 Å². The van der Waals surface area contributed by atoms with Crippen LogP contribution in [0.15, 0.2) is 60.4 Å². The lowest BCUT2D eigenvalue weighted by Crippen LogP contribution is -2.24. The van der Waals surface area contributed by atoms with Gasteiger partial charge in [0, 0.05) is 36.6 Å². The van der Waals surface area contributed by atoms with Gasteiger partial charge in [-0.1, -0.05) is 0 Å². The van der Waals surface area contributed by atoms with Crippen LogP contribution in [-0.2, 0) is 17.8 Å². The second kappa shape index (κ2) is 8.10. The first-order valence-electron chi connectivity index (χ1n) is 8.64. The summed E-state index contributed by atoms with van der Waals surface area (Å²) in [6.07, 6.45) is 5.70. The summed E-state index contributed by atoms with van der Waals surface area (Å²) in [4.78, 5) is 21.7. The van der Waals surface area contributed by atoms with Crippen LogP contribution in [0.25, 0.3) is 4.96 Å². The van der Waals surface area contributed by atoms with Gasteiger partial charge in [0.25, 0.3) is 0 Å². The molecule has 0 saturated heterocycles. The molecule has 0 saturated carbocycles. The number of nitrogens with one attached hydrogen (secondary N) is 1. The summed E-state index contributed by atoms with van der Waals surface area (Å²) in [7, 11) is 1.62. The molecule has 28 heavy (non-hydrogen) atoms. The first-order valence-corrected chi connectivity index (χ1v) is 9.52. The van der Waals surface area contributed by atoms with Gasteiger partial charge in [-0.05, 0) is 35.9 Å². The van der Waals surface area contributed by atoms with Crippen LogP contribution in [0, 0.1) is 0 Å². The number of carbonyl (C=O) groups is 1. The average molecular weight is 394 g/mol. The normalized spacial score (nSPS) is 10.8. The van der Waals surface area contributed by atoms with Crippen LogP contribution in [0.4, 0.5) is 0 Å². The molecule has 0 aliphatic carbocycles. The quantitative estimate of drug-likeness (QED) is 0.519. The Kier molecular flexibility index (Phi) is 5.20. The van der Waals surface area contributed by atoms with E-state index in [0.29, 0.717) is 18.2 Å². The topological polar surface area (TPSA) is 77.8 Å². The van der Waals surface area contributed by atoms with Crippen LogP contribution < -0.4 is 14.8 Å². The molecule has 3 heterocycles. The monoisotopic (exact) mass is 394 g/mol. The van der Waals surface area contributed by atoms with E-state index >= 15 is 0 Å². The molecular formula is C20H18N4O3S. The number of amides is 1. The summed E-state index contributed by atoms with van der Waals surface area (Å²) in [5.41, 5.74) is 1.65. The van der Waals surface area contributed by atoms with Gasteiger partial charge in [0.15, 0.2) is 4.96 Å². The van der Waals surface area contributed by atoms with E-state index < -0.39 is 0 Å². The Morgan fingerprint density at radius 1 is 1.21 bits per heavy atom. The molecule has 1 aromatic carbocycles. The Balaban J connectivity index is 1.33. The Labute approximate surface area is 165 Å². The predicted octanol–water partition coefficient (Wildman–Crippen LogP) is 3.45. The fourth-order valence-electron chi connectivity index (χ4n) is 2.67. The van der Waals surface area contributed by atoms with Crippen molar-refractivity contribution in [3.63, 3.8) is 0 Å². The van der Waals surface area contributed by atoms with E-state index in [1.807, 2.05) is 52.5 Å². The highest BCUT2D eigenvalue weighted by molar-refractivity contribution is 7.15. The predicted molar refractivity (Wildman–Crippen MR) is 106 cm³/mol. The van der Waals surface area contributed by atoms with Gasteiger partial charge in [-0.2, -0.15) is 0 Å². The third-order valence-electron chi connectivity index (χ3n) is 4.06. The Hall–Kier alpha value is -3.39. The minimum atomic E-state index is -0.0832. The van der Waals surface area contributed by atoms with Crippen LogP contribution >= 0.6 is 11.3 Å². The molecule has 142 valence electrons. The highest BCUT2D eigenvalue weighted by atomic mass is 32.1. The first kappa shape index (κ1) is 18.0. The van der Waals surface area contributed by atoms with Gasteiger partial charge < -0.3 is 14.8 Å². The zero-order valence-corrected chi connectivity index (χ0v) is 16.0. The van der Waals surface area contributed by atoms with E-state index in [9.17, 15) is 4.79 Å². The fraction of sp³-hybridized carbons (Fsp3) is 0.150. The molecular weight excluding hydrogens is 376 g/mol. The number of rotatable bonds is 7. The minimum Gasteiger partial charge on any atom is -0.497 e. The summed E-state index contributed by atoms with van der Waals surface area (Å²) < 4.78 is 12.8. The summed E-state index contributed by atoms with van der Waals surface area (Å²) in [6.45, 7) is 0.391. The standard InChI is InChI=1S/C20H18N4O3S/c1-26-16-2-4-17(5-3-16)27-19-10-14(6-7-21-19)12-22-18(25)11-15-13-24-8-9-28-20(24)23-15/h2-10,13H,11-12H2,1H3,(H,22,25). The summed E-state index contributed by atoms with van der Waals surface area (Å²) in [5, 5.41) is 4.87. The number of methoxy groups -OCH3 is 1. The third kappa shape index (κ3) is 4.29. The van der Waals surface area contributed by atoms with Crippen molar-refractivity contribution in [2.24, 2.45) is 0 Å². The zero-order valence-electron chi connectivity index (χ0n) is 15.2. The maximum atomic E-state index is 12.2. The molecule has 1 amide bonds. The van der Waals surface area contributed by atoms with Gasteiger partial charge in [0.05, 0.1) is 19.2 Å². The van der Waals surface area contributed by atoms with E-state index in [2.05, 4.69) is 15.3 Å². The number of thiazole rings is 1. The summed E-state index contributed by atoms with van der Waals surface area (Å²) >= 11 is 1.54. The Bertz CT molecular complexity index is 1060. The van der Waals surface area contributed by atoms with E-state index in [0.717, 1.165) is 22.0 Å². The summed E-state index contributed by atoms with van der Waals surface area (Å²) in [6, 6.07) is 10.9. The number of hydrogen-bond acceptors (Lipinski definition) is 6. The van der Waals surface area contributed by atoms with Crippen molar-refractivity contribution in [3.8, 4) is 17.4 Å². The maximum absolute atomic E-state index is 12.2. The lowest BCUT2D eigenvalue weighted by Gasteiger charge is -2.08. The highest BCUT2D eigenvalue weighted by Gasteiger charge is 2.09. The van der Waals surface area contributed by atoms with Crippen molar-refractivity contribution in [3.05, 3.63) is 71.6 Å². The van der Waals surface area contributed by atoms with Crippen LogP contribution in [0.5, 0.6) is 17.4 Å². The van der Waals surface area contributed by atoms with Crippen LogP contribution in [-0.4, -0.2) is 27.4 Å². The number of fused-ring (bicyclic) bond motifs is 1. The number of aromatic nitrogens is 3. The lowest BCUT2D eigenvalue weighted by atomic mass is 10.2. The average Bonchev–Trinajstić information content (AvgIpc) is 3.29. The molecule has 4 rings (SSSR count). The van der Waals surface area contributed by atoms with Gasteiger partial charge in [-0.3, -0.25) is 9.20 Å². The molecule has 7 nitrogen and oxygen atoms in total. The zero-order chi connectivity index (χ0) is 19.3. The number of imidazole rings is 1. The van der Waals surface area contributed by atoms with Crippen molar-refractivity contribution in [2.75, 3.05) is 7.11 Å². The lowest BCUT2D eigenvalue weighted by molar-refractivity contribution is -0.120. The van der Waals surface area contributed by atoms with Crippen molar-refractivity contribution in [1.29, 1.82) is 0 Å². The number of benzene rings is 1. The summed E-state index contributed by atoms with van der Waals surface area (Å²) in [5.74, 6) is 1.80. The first-order chi connectivity index (χ1) is 13.7. The van der Waals surface area contributed by atoms with E-state index in [-0.39, 0.29) is 12.3 Å². The molecule has 0 aliphatic heterocycles. The molecule has 3 aromatic heterocycles. The third-order valence-corrected chi connectivity index (χ3v) is 4.83. The highest BCUT2D eigenvalue weighted by Crippen LogP contribution is 2.22. The smallest absolute Gasteiger partial charge is 0.226 e. The second-order valence-corrected chi connectivity index (χ2v) is 6.93. The van der Waals surface area contributed by atoms with Crippen molar-refractivity contribution >= 4 is 22.2 Å². The number of nitrogens with zero attached hydrogens (tertiary/aromatic N) is 3. The van der Waals surface area contributed by atoms with E-state index in [1.165, 1.54) is 0 Å². The fourth-order valence-corrected chi connectivity index (χ4v) is 3.39.